The summed E-state index contributed by atoms with van der Waals surface area (Å²) >= 11 is 3.37. The number of furan rings is 1. The Morgan fingerprint density at radius 2 is 2.28 bits per heavy atom. The number of amides is 1. The SMILES string of the molecule is Cc1occc1CN(C)C(=O)c1cc(Br)cn1C. The zero-order chi connectivity index (χ0) is 13.3. The van der Waals surface area contributed by atoms with E-state index in [1.165, 1.54) is 0 Å². The highest BCUT2D eigenvalue weighted by molar-refractivity contribution is 9.10. The van der Waals surface area contributed by atoms with E-state index in [4.69, 9.17) is 4.42 Å². The first-order valence-electron chi connectivity index (χ1n) is 5.59. The van der Waals surface area contributed by atoms with E-state index >= 15 is 0 Å². The molecule has 1 amide bonds. The van der Waals surface area contributed by atoms with E-state index in [1.807, 2.05) is 36.9 Å². The fourth-order valence-corrected chi connectivity index (χ4v) is 2.36. The average Bonchev–Trinajstić information content (AvgIpc) is 2.85. The van der Waals surface area contributed by atoms with Crippen LogP contribution in [0.5, 0.6) is 0 Å². The van der Waals surface area contributed by atoms with Gasteiger partial charge in [-0.15, -0.1) is 0 Å². The Kier molecular flexibility index (Phi) is 3.61. The fraction of sp³-hybridized carbons (Fsp3) is 0.308. The number of nitrogens with zero attached hydrogens (tertiary/aromatic N) is 2. The molecule has 0 unspecified atom stereocenters. The van der Waals surface area contributed by atoms with Gasteiger partial charge in [0.2, 0.25) is 0 Å². The Labute approximate surface area is 114 Å². The molecule has 0 saturated carbocycles. The molecule has 0 atom stereocenters. The molecule has 96 valence electrons. The Morgan fingerprint density at radius 3 is 2.78 bits per heavy atom. The second kappa shape index (κ2) is 5.02. The minimum atomic E-state index is -0.0104. The second-order valence-corrected chi connectivity index (χ2v) is 5.23. The van der Waals surface area contributed by atoms with Crippen LogP contribution < -0.4 is 0 Å². The van der Waals surface area contributed by atoms with Gasteiger partial charge in [-0.25, -0.2) is 0 Å². The molecule has 2 rings (SSSR count). The third kappa shape index (κ3) is 2.51. The Bertz CT molecular complexity index is 571. The molecule has 0 spiro atoms. The molecule has 0 aliphatic carbocycles. The van der Waals surface area contributed by atoms with Gasteiger partial charge in [0.05, 0.1) is 6.26 Å². The van der Waals surface area contributed by atoms with Gasteiger partial charge in [0.25, 0.3) is 5.91 Å². The van der Waals surface area contributed by atoms with Crippen molar-refractivity contribution in [3.63, 3.8) is 0 Å². The van der Waals surface area contributed by atoms with Crippen molar-refractivity contribution in [3.8, 4) is 0 Å². The lowest BCUT2D eigenvalue weighted by atomic mass is 10.2. The van der Waals surface area contributed by atoms with Crippen molar-refractivity contribution < 1.29 is 9.21 Å². The molecule has 5 heteroatoms. The van der Waals surface area contributed by atoms with Crippen LogP contribution in [-0.2, 0) is 13.6 Å². The third-order valence-corrected chi connectivity index (χ3v) is 3.34. The highest BCUT2D eigenvalue weighted by Gasteiger charge is 2.17. The van der Waals surface area contributed by atoms with Gasteiger partial charge in [0.1, 0.15) is 11.5 Å². The molecule has 2 aromatic heterocycles. The molecule has 2 heterocycles. The fourth-order valence-electron chi connectivity index (χ4n) is 1.83. The second-order valence-electron chi connectivity index (χ2n) is 4.32. The van der Waals surface area contributed by atoms with Gasteiger partial charge in [-0.2, -0.15) is 0 Å². The number of hydrogen-bond acceptors (Lipinski definition) is 2. The number of carbonyl (C=O) groups is 1. The predicted molar refractivity (Wildman–Crippen MR) is 72.4 cm³/mol. The summed E-state index contributed by atoms with van der Waals surface area (Å²) in [5, 5.41) is 0. The highest BCUT2D eigenvalue weighted by atomic mass is 79.9. The van der Waals surface area contributed by atoms with Crippen molar-refractivity contribution in [2.75, 3.05) is 7.05 Å². The summed E-state index contributed by atoms with van der Waals surface area (Å²) in [4.78, 5) is 14.0. The quantitative estimate of drug-likeness (QED) is 0.874. The Morgan fingerprint density at radius 1 is 1.56 bits per heavy atom. The van der Waals surface area contributed by atoms with Crippen molar-refractivity contribution in [3.05, 3.63) is 46.1 Å². The molecule has 0 N–H and O–H groups in total. The van der Waals surface area contributed by atoms with Gasteiger partial charge >= 0.3 is 0 Å². The minimum Gasteiger partial charge on any atom is -0.469 e. The maximum absolute atomic E-state index is 12.3. The monoisotopic (exact) mass is 310 g/mol. The number of hydrogen-bond donors (Lipinski definition) is 0. The molecular formula is C13H15BrN2O2. The van der Waals surface area contributed by atoms with Crippen LogP contribution in [-0.4, -0.2) is 22.4 Å². The standard InChI is InChI=1S/C13H15BrN2O2/c1-9-10(4-5-18-9)7-16(3)13(17)12-6-11(14)8-15(12)2/h4-6,8H,7H2,1-3H3. The van der Waals surface area contributed by atoms with E-state index in [2.05, 4.69) is 15.9 Å². The van der Waals surface area contributed by atoms with Crippen molar-refractivity contribution in [2.24, 2.45) is 7.05 Å². The van der Waals surface area contributed by atoms with Gasteiger partial charge in [-0.3, -0.25) is 4.79 Å². The molecule has 0 radical (unpaired) electrons. The molecule has 0 bridgehead atoms. The smallest absolute Gasteiger partial charge is 0.270 e. The van der Waals surface area contributed by atoms with Crippen LogP contribution in [0.1, 0.15) is 21.8 Å². The summed E-state index contributed by atoms with van der Waals surface area (Å²) in [5.41, 5.74) is 1.68. The summed E-state index contributed by atoms with van der Waals surface area (Å²) in [7, 11) is 3.64. The van der Waals surface area contributed by atoms with Crippen LogP contribution >= 0.6 is 15.9 Å². The zero-order valence-corrected chi connectivity index (χ0v) is 12.2. The molecule has 2 aromatic rings. The third-order valence-electron chi connectivity index (χ3n) is 2.91. The van der Waals surface area contributed by atoms with E-state index in [9.17, 15) is 4.79 Å². The van der Waals surface area contributed by atoms with E-state index in [-0.39, 0.29) is 5.91 Å². The topological polar surface area (TPSA) is 38.4 Å². The number of halogens is 1. The largest absolute Gasteiger partial charge is 0.469 e. The molecule has 0 aliphatic rings. The van der Waals surface area contributed by atoms with Crippen molar-refractivity contribution in [1.29, 1.82) is 0 Å². The van der Waals surface area contributed by atoms with E-state index in [0.29, 0.717) is 12.2 Å². The first-order chi connectivity index (χ1) is 8.49. The van der Waals surface area contributed by atoms with Crippen LogP contribution in [0.2, 0.25) is 0 Å². The van der Waals surface area contributed by atoms with Crippen LogP contribution in [0.3, 0.4) is 0 Å². The number of aryl methyl sites for hydroxylation is 2. The summed E-state index contributed by atoms with van der Waals surface area (Å²) in [6.45, 7) is 2.44. The van der Waals surface area contributed by atoms with E-state index < -0.39 is 0 Å². The first-order valence-corrected chi connectivity index (χ1v) is 6.38. The molecule has 0 fully saturated rings. The maximum atomic E-state index is 12.3. The maximum Gasteiger partial charge on any atom is 0.270 e. The normalized spacial score (nSPS) is 10.7. The van der Waals surface area contributed by atoms with Crippen LogP contribution in [0.4, 0.5) is 0 Å². The predicted octanol–water partition coefficient (Wildman–Crippen LogP) is 2.96. The number of rotatable bonds is 3. The van der Waals surface area contributed by atoms with Crippen molar-refractivity contribution in [2.45, 2.75) is 13.5 Å². The van der Waals surface area contributed by atoms with Gasteiger partial charge in [0.15, 0.2) is 0 Å². The molecule has 4 nitrogen and oxygen atoms in total. The van der Waals surface area contributed by atoms with Gasteiger partial charge in [-0.05, 0) is 35.0 Å². The summed E-state index contributed by atoms with van der Waals surface area (Å²) < 4.78 is 7.94. The van der Waals surface area contributed by atoms with Crippen LogP contribution in [0.15, 0.2) is 33.5 Å². The van der Waals surface area contributed by atoms with Gasteiger partial charge in [0, 0.05) is 36.9 Å². The number of aromatic nitrogens is 1. The lowest BCUT2D eigenvalue weighted by molar-refractivity contribution is 0.0775. The van der Waals surface area contributed by atoms with Gasteiger partial charge in [-0.1, -0.05) is 0 Å². The molecular weight excluding hydrogens is 296 g/mol. The lowest BCUT2D eigenvalue weighted by Gasteiger charge is -2.17. The van der Waals surface area contributed by atoms with Gasteiger partial charge < -0.3 is 13.9 Å². The zero-order valence-electron chi connectivity index (χ0n) is 10.6. The molecule has 0 aromatic carbocycles. The van der Waals surface area contributed by atoms with E-state index in [1.54, 1.807) is 18.2 Å². The Balaban J connectivity index is 2.14. The van der Waals surface area contributed by atoms with E-state index in [0.717, 1.165) is 15.8 Å². The molecule has 0 saturated heterocycles. The number of carbonyl (C=O) groups excluding carboxylic acids is 1. The molecule has 0 aliphatic heterocycles. The van der Waals surface area contributed by atoms with Crippen LogP contribution in [0, 0.1) is 6.92 Å². The summed E-state index contributed by atoms with van der Waals surface area (Å²) in [6.07, 6.45) is 3.51. The van der Waals surface area contributed by atoms with Crippen molar-refractivity contribution >= 4 is 21.8 Å². The summed E-state index contributed by atoms with van der Waals surface area (Å²) in [5.74, 6) is 0.839. The van der Waals surface area contributed by atoms with Crippen molar-refractivity contribution in [1.82, 2.24) is 9.47 Å². The average molecular weight is 311 g/mol. The molecule has 18 heavy (non-hydrogen) atoms. The van der Waals surface area contributed by atoms with Crippen LogP contribution in [0.25, 0.3) is 0 Å². The first kappa shape index (κ1) is 13.0. The lowest BCUT2D eigenvalue weighted by Crippen LogP contribution is -2.27. The highest BCUT2D eigenvalue weighted by Crippen LogP contribution is 2.17. The summed E-state index contributed by atoms with van der Waals surface area (Å²) in [6, 6.07) is 3.71. The minimum absolute atomic E-state index is 0.0104. The Hall–Kier alpha value is -1.49.